The third-order valence-electron chi connectivity index (χ3n) is 4.79. The monoisotopic (exact) mass is 305 g/mol. The van der Waals surface area contributed by atoms with Crippen molar-refractivity contribution >= 4 is 16.8 Å². The number of pyridine rings is 1. The van der Waals surface area contributed by atoms with Gasteiger partial charge in [0.05, 0.1) is 5.56 Å². The summed E-state index contributed by atoms with van der Waals surface area (Å²) in [6, 6.07) is 14.3. The Hall–Kier alpha value is -2.62. The van der Waals surface area contributed by atoms with Gasteiger partial charge in [0.25, 0.3) is 5.91 Å². The van der Waals surface area contributed by atoms with Gasteiger partial charge in [-0.25, -0.2) is 0 Å². The molecule has 0 aliphatic carbocycles. The molecule has 0 saturated carbocycles. The number of likely N-dealkylation sites (tertiary alicyclic amines) is 1. The minimum Gasteiger partial charge on any atom is -0.347 e. The van der Waals surface area contributed by atoms with Crippen molar-refractivity contribution in [3.05, 3.63) is 66.1 Å². The predicted octanol–water partition coefficient (Wildman–Crippen LogP) is 3.20. The zero-order valence-corrected chi connectivity index (χ0v) is 13.1. The molecular weight excluding hydrogens is 286 g/mol. The first-order chi connectivity index (χ1) is 11.2. The largest absolute Gasteiger partial charge is 0.347 e. The van der Waals surface area contributed by atoms with E-state index in [1.54, 1.807) is 12.4 Å². The van der Waals surface area contributed by atoms with Crippen LogP contribution in [0.25, 0.3) is 10.9 Å². The lowest BCUT2D eigenvalue weighted by molar-refractivity contribution is 0.0790. The Morgan fingerprint density at radius 3 is 2.87 bits per heavy atom. The molecule has 0 bridgehead atoms. The zero-order chi connectivity index (χ0) is 15.8. The van der Waals surface area contributed by atoms with Gasteiger partial charge in [0.15, 0.2) is 0 Å². The van der Waals surface area contributed by atoms with Crippen molar-refractivity contribution in [1.82, 2.24) is 14.5 Å². The lowest BCUT2D eigenvalue weighted by atomic mass is 10.0. The van der Waals surface area contributed by atoms with E-state index in [-0.39, 0.29) is 5.91 Å². The summed E-state index contributed by atoms with van der Waals surface area (Å²) >= 11 is 0. The summed E-state index contributed by atoms with van der Waals surface area (Å²) in [5, 5.41) is 1.27. The van der Waals surface area contributed by atoms with Gasteiger partial charge in [0, 0.05) is 49.7 Å². The molecule has 4 rings (SSSR count). The van der Waals surface area contributed by atoms with E-state index >= 15 is 0 Å². The van der Waals surface area contributed by atoms with Gasteiger partial charge in [-0.2, -0.15) is 0 Å². The molecule has 3 heterocycles. The van der Waals surface area contributed by atoms with Gasteiger partial charge >= 0.3 is 0 Å². The highest BCUT2D eigenvalue weighted by molar-refractivity contribution is 5.94. The maximum atomic E-state index is 12.6. The van der Waals surface area contributed by atoms with Crippen LogP contribution in [-0.2, 0) is 7.05 Å². The van der Waals surface area contributed by atoms with E-state index in [1.165, 1.54) is 16.6 Å². The number of hydrogen-bond donors (Lipinski definition) is 0. The van der Waals surface area contributed by atoms with Gasteiger partial charge in [-0.1, -0.05) is 18.2 Å². The molecule has 1 saturated heterocycles. The second kappa shape index (κ2) is 5.54. The van der Waals surface area contributed by atoms with Crippen molar-refractivity contribution < 1.29 is 4.79 Å². The van der Waals surface area contributed by atoms with Crippen LogP contribution in [0.5, 0.6) is 0 Å². The van der Waals surface area contributed by atoms with Gasteiger partial charge in [0.1, 0.15) is 0 Å². The summed E-state index contributed by atoms with van der Waals surface area (Å²) in [6.07, 6.45) is 4.35. The van der Waals surface area contributed by atoms with Crippen LogP contribution in [0.15, 0.2) is 54.9 Å². The Morgan fingerprint density at radius 1 is 1.22 bits per heavy atom. The predicted molar refractivity (Wildman–Crippen MR) is 90.4 cm³/mol. The second-order valence-electron chi connectivity index (χ2n) is 6.17. The molecule has 4 nitrogen and oxygen atoms in total. The lowest BCUT2D eigenvalue weighted by Gasteiger charge is -2.17. The molecule has 1 atom stereocenters. The Bertz CT molecular complexity index is 853. The second-order valence-corrected chi connectivity index (χ2v) is 6.17. The number of benzene rings is 1. The third-order valence-corrected chi connectivity index (χ3v) is 4.79. The Morgan fingerprint density at radius 2 is 2.09 bits per heavy atom. The van der Waals surface area contributed by atoms with E-state index in [0.29, 0.717) is 11.5 Å². The van der Waals surface area contributed by atoms with Crippen LogP contribution < -0.4 is 0 Å². The highest BCUT2D eigenvalue weighted by Crippen LogP contribution is 2.31. The Labute approximate surface area is 135 Å². The van der Waals surface area contributed by atoms with E-state index in [9.17, 15) is 4.79 Å². The molecule has 1 aromatic carbocycles. The van der Waals surface area contributed by atoms with E-state index in [0.717, 1.165) is 19.5 Å². The molecule has 116 valence electrons. The number of amides is 1. The summed E-state index contributed by atoms with van der Waals surface area (Å²) in [6.45, 7) is 1.58. The van der Waals surface area contributed by atoms with Crippen LogP contribution in [0.4, 0.5) is 0 Å². The summed E-state index contributed by atoms with van der Waals surface area (Å²) in [7, 11) is 2.11. The van der Waals surface area contributed by atoms with Crippen molar-refractivity contribution in [2.75, 3.05) is 13.1 Å². The van der Waals surface area contributed by atoms with Crippen molar-refractivity contribution in [3.63, 3.8) is 0 Å². The van der Waals surface area contributed by atoms with Crippen LogP contribution in [-0.4, -0.2) is 33.4 Å². The molecular formula is C19H19N3O. The highest BCUT2D eigenvalue weighted by Gasteiger charge is 2.29. The molecule has 23 heavy (non-hydrogen) atoms. The highest BCUT2D eigenvalue weighted by atomic mass is 16.2. The summed E-state index contributed by atoms with van der Waals surface area (Å²) < 4.78 is 2.26. The van der Waals surface area contributed by atoms with Gasteiger partial charge < -0.3 is 9.47 Å². The average Bonchev–Trinajstić information content (AvgIpc) is 3.20. The number of nitrogens with zero attached hydrogens (tertiary/aromatic N) is 3. The summed E-state index contributed by atoms with van der Waals surface area (Å²) in [5.74, 6) is 0.479. The number of fused-ring (bicyclic) bond motifs is 1. The summed E-state index contributed by atoms with van der Waals surface area (Å²) in [4.78, 5) is 18.5. The molecule has 0 spiro atoms. The minimum absolute atomic E-state index is 0.0827. The van der Waals surface area contributed by atoms with Crippen LogP contribution in [0.3, 0.4) is 0 Å². The molecule has 0 radical (unpaired) electrons. The topological polar surface area (TPSA) is 38.1 Å². The molecule has 0 N–H and O–H groups in total. The molecule has 1 amide bonds. The zero-order valence-electron chi connectivity index (χ0n) is 13.1. The van der Waals surface area contributed by atoms with Gasteiger partial charge in [-0.3, -0.25) is 9.78 Å². The van der Waals surface area contributed by atoms with Crippen molar-refractivity contribution in [3.8, 4) is 0 Å². The first-order valence-electron chi connectivity index (χ1n) is 7.97. The smallest absolute Gasteiger partial charge is 0.255 e. The quantitative estimate of drug-likeness (QED) is 0.729. The maximum absolute atomic E-state index is 12.6. The fourth-order valence-corrected chi connectivity index (χ4v) is 3.56. The van der Waals surface area contributed by atoms with Crippen LogP contribution in [0, 0.1) is 0 Å². The number of carbonyl (C=O) groups excluding carboxylic acids is 1. The van der Waals surface area contributed by atoms with Gasteiger partial charge in [-0.05, 0) is 36.1 Å². The SMILES string of the molecule is Cn1c(C2CCN(C(=O)c3cccnc3)C2)cc2ccccc21. The normalized spacial score (nSPS) is 17.8. The number of para-hydroxylation sites is 1. The first kappa shape index (κ1) is 14.0. The standard InChI is InChI=1S/C19H19N3O/c1-21-17-7-3-2-5-14(17)11-18(21)16-8-10-22(13-16)19(23)15-6-4-9-20-12-15/h2-7,9,11-12,16H,8,10,13H2,1H3. The van der Waals surface area contributed by atoms with E-state index in [1.807, 2.05) is 17.0 Å². The molecule has 4 heteroatoms. The van der Waals surface area contributed by atoms with Crippen LogP contribution >= 0.6 is 0 Å². The number of aromatic nitrogens is 2. The maximum Gasteiger partial charge on any atom is 0.255 e. The van der Waals surface area contributed by atoms with E-state index in [2.05, 4.69) is 46.9 Å². The minimum atomic E-state index is 0.0827. The number of rotatable bonds is 2. The van der Waals surface area contributed by atoms with E-state index < -0.39 is 0 Å². The number of hydrogen-bond acceptors (Lipinski definition) is 2. The average molecular weight is 305 g/mol. The molecule has 3 aromatic rings. The molecule has 1 fully saturated rings. The van der Waals surface area contributed by atoms with Crippen LogP contribution in [0.1, 0.15) is 28.4 Å². The first-order valence-corrected chi connectivity index (χ1v) is 7.97. The molecule has 1 aliphatic heterocycles. The van der Waals surface area contributed by atoms with E-state index in [4.69, 9.17) is 0 Å². The number of carbonyl (C=O) groups is 1. The molecule has 1 aliphatic rings. The fraction of sp³-hybridized carbons (Fsp3) is 0.263. The third kappa shape index (κ3) is 2.40. The Kier molecular flexibility index (Phi) is 3.37. The molecule has 1 unspecified atom stereocenters. The fourth-order valence-electron chi connectivity index (χ4n) is 3.56. The lowest BCUT2D eigenvalue weighted by Crippen LogP contribution is -2.28. The van der Waals surface area contributed by atoms with Crippen molar-refractivity contribution in [2.45, 2.75) is 12.3 Å². The number of aryl methyl sites for hydroxylation is 1. The molecule has 2 aromatic heterocycles. The van der Waals surface area contributed by atoms with Gasteiger partial charge in [0.2, 0.25) is 0 Å². The van der Waals surface area contributed by atoms with Crippen LogP contribution in [0.2, 0.25) is 0 Å². The summed E-state index contributed by atoms with van der Waals surface area (Å²) in [5.41, 5.74) is 3.23. The van der Waals surface area contributed by atoms with Crippen molar-refractivity contribution in [1.29, 1.82) is 0 Å². The Balaban J connectivity index is 1.58. The van der Waals surface area contributed by atoms with Crippen molar-refractivity contribution in [2.24, 2.45) is 7.05 Å². The van der Waals surface area contributed by atoms with Gasteiger partial charge in [-0.15, -0.1) is 0 Å².